The number of ether oxygens (including phenoxy) is 2. The summed E-state index contributed by atoms with van der Waals surface area (Å²) in [5.74, 6) is 6.34. The largest absolute Gasteiger partial charge is 0.381 e. The zero-order valence-corrected chi connectivity index (χ0v) is 8.79. The Morgan fingerprint density at radius 2 is 2.07 bits per heavy atom. The highest BCUT2D eigenvalue weighted by atomic mass is 16.5. The van der Waals surface area contributed by atoms with Crippen molar-refractivity contribution in [1.29, 1.82) is 0 Å². The molecule has 2 aliphatic rings. The lowest BCUT2D eigenvalue weighted by Gasteiger charge is -2.42. The maximum atomic E-state index is 5.71. The van der Waals surface area contributed by atoms with Crippen LogP contribution in [0.25, 0.3) is 0 Å². The molecule has 1 unspecified atom stereocenters. The first-order valence-corrected chi connectivity index (χ1v) is 5.41. The van der Waals surface area contributed by atoms with E-state index in [0.717, 1.165) is 26.1 Å². The van der Waals surface area contributed by atoms with Crippen molar-refractivity contribution < 1.29 is 9.47 Å². The summed E-state index contributed by atoms with van der Waals surface area (Å²) in [5.41, 5.74) is 2.86. The van der Waals surface area contributed by atoms with Crippen LogP contribution < -0.4 is 11.3 Å². The van der Waals surface area contributed by atoms with E-state index in [2.05, 4.69) is 5.43 Å². The molecule has 1 atom stereocenters. The topological polar surface area (TPSA) is 56.5 Å². The molecule has 0 aromatic rings. The van der Waals surface area contributed by atoms with Gasteiger partial charge in [0.05, 0.1) is 11.6 Å². The fourth-order valence-corrected chi connectivity index (χ4v) is 2.51. The van der Waals surface area contributed by atoms with Crippen LogP contribution in [0.15, 0.2) is 0 Å². The van der Waals surface area contributed by atoms with E-state index in [1.165, 1.54) is 12.8 Å². The fourth-order valence-electron chi connectivity index (χ4n) is 2.51. The quantitative estimate of drug-likeness (QED) is 0.510. The average molecular weight is 200 g/mol. The Balaban J connectivity index is 2.06. The molecule has 82 valence electrons. The number of nitrogens with two attached hydrogens (primary N) is 1. The minimum Gasteiger partial charge on any atom is -0.381 e. The highest BCUT2D eigenvalue weighted by molar-refractivity contribution is 5.01. The number of hydrazine groups is 1. The Labute approximate surface area is 85.1 Å². The number of hydrogen-bond acceptors (Lipinski definition) is 4. The van der Waals surface area contributed by atoms with Gasteiger partial charge in [0.1, 0.15) is 0 Å². The summed E-state index contributed by atoms with van der Waals surface area (Å²) >= 11 is 0. The predicted molar refractivity (Wildman–Crippen MR) is 53.6 cm³/mol. The van der Waals surface area contributed by atoms with Gasteiger partial charge in [-0.3, -0.25) is 11.3 Å². The second kappa shape index (κ2) is 4.14. The van der Waals surface area contributed by atoms with Crippen molar-refractivity contribution in [3.8, 4) is 0 Å². The lowest BCUT2D eigenvalue weighted by molar-refractivity contribution is -0.114. The second-order valence-corrected chi connectivity index (χ2v) is 4.36. The molecule has 2 rings (SSSR count). The molecule has 4 nitrogen and oxygen atoms in total. The number of methoxy groups -OCH3 is 1. The number of nitrogens with one attached hydrogen (secondary N) is 1. The van der Waals surface area contributed by atoms with Gasteiger partial charge < -0.3 is 9.47 Å². The minimum atomic E-state index is -0.0891. The van der Waals surface area contributed by atoms with Crippen molar-refractivity contribution in [3.63, 3.8) is 0 Å². The van der Waals surface area contributed by atoms with Crippen LogP contribution in [-0.4, -0.2) is 32.0 Å². The van der Waals surface area contributed by atoms with E-state index in [-0.39, 0.29) is 5.60 Å². The Morgan fingerprint density at radius 1 is 1.43 bits per heavy atom. The van der Waals surface area contributed by atoms with Crippen LogP contribution in [0.2, 0.25) is 0 Å². The first-order chi connectivity index (χ1) is 6.82. The molecule has 1 saturated carbocycles. The van der Waals surface area contributed by atoms with Crippen molar-refractivity contribution in [2.75, 3.05) is 20.3 Å². The summed E-state index contributed by atoms with van der Waals surface area (Å²) in [6.45, 7) is 1.58. The molecule has 1 aliphatic heterocycles. The first-order valence-electron chi connectivity index (χ1n) is 5.41. The third-order valence-corrected chi connectivity index (χ3v) is 3.59. The van der Waals surface area contributed by atoms with Crippen molar-refractivity contribution in [2.24, 2.45) is 11.8 Å². The van der Waals surface area contributed by atoms with Gasteiger partial charge in [-0.2, -0.15) is 0 Å². The van der Waals surface area contributed by atoms with E-state index in [4.69, 9.17) is 15.3 Å². The fraction of sp³-hybridized carbons (Fsp3) is 1.00. The van der Waals surface area contributed by atoms with Crippen LogP contribution in [-0.2, 0) is 9.47 Å². The molecular formula is C10H20N2O2. The molecule has 4 heteroatoms. The van der Waals surface area contributed by atoms with E-state index in [1.807, 2.05) is 0 Å². The van der Waals surface area contributed by atoms with Crippen LogP contribution in [0.1, 0.15) is 25.7 Å². The Bertz CT molecular complexity index is 189. The lowest BCUT2D eigenvalue weighted by atomic mass is 9.83. The van der Waals surface area contributed by atoms with Crippen molar-refractivity contribution in [3.05, 3.63) is 0 Å². The van der Waals surface area contributed by atoms with Crippen LogP contribution >= 0.6 is 0 Å². The molecule has 0 aromatic carbocycles. The highest BCUT2D eigenvalue weighted by Crippen LogP contribution is 2.41. The van der Waals surface area contributed by atoms with Crippen LogP contribution in [0, 0.1) is 5.92 Å². The smallest absolute Gasteiger partial charge is 0.0890 e. The summed E-state index contributed by atoms with van der Waals surface area (Å²) in [4.78, 5) is 0. The van der Waals surface area contributed by atoms with E-state index in [1.54, 1.807) is 7.11 Å². The van der Waals surface area contributed by atoms with Gasteiger partial charge in [0.15, 0.2) is 0 Å². The summed E-state index contributed by atoms with van der Waals surface area (Å²) in [5, 5.41) is 0. The standard InChI is InChI=1S/C10H20N2O2/c1-13-10(4-6-14-7-5-10)9(12-11)8-2-3-8/h8-9,12H,2-7,11H2,1H3. The van der Waals surface area contributed by atoms with Gasteiger partial charge in [-0.05, 0) is 18.8 Å². The molecule has 0 bridgehead atoms. The van der Waals surface area contributed by atoms with E-state index in [9.17, 15) is 0 Å². The van der Waals surface area contributed by atoms with Crippen LogP contribution in [0.5, 0.6) is 0 Å². The maximum Gasteiger partial charge on any atom is 0.0890 e. The second-order valence-electron chi connectivity index (χ2n) is 4.36. The normalized spacial score (nSPS) is 28.7. The van der Waals surface area contributed by atoms with E-state index >= 15 is 0 Å². The highest BCUT2D eigenvalue weighted by Gasteiger charge is 2.47. The third kappa shape index (κ3) is 1.80. The Hall–Kier alpha value is -0.160. The third-order valence-electron chi connectivity index (χ3n) is 3.59. The molecule has 1 heterocycles. The number of hydrogen-bond donors (Lipinski definition) is 2. The van der Waals surface area contributed by atoms with Gasteiger partial charge in [0, 0.05) is 33.2 Å². The summed E-state index contributed by atoms with van der Waals surface area (Å²) in [6, 6.07) is 0.302. The zero-order chi connectivity index (χ0) is 10.0. The molecule has 1 aliphatic carbocycles. The molecule has 0 amide bonds. The van der Waals surface area contributed by atoms with Gasteiger partial charge in [0.2, 0.25) is 0 Å². The molecule has 0 spiro atoms. The lowest BCUT2D eigenvalue weighted by Crippen LogP contribution is -2.58. The van der Waals surface area contributed by atoms with Gasteiger partial charge in [-0.25, -0.2) is 0 Å². The Morgan fingerprint density at radius 3 is 2.50 bits per heavy atom. The van der Waals surface area contributed by atoms with Gasteiger partial charge in [-0.1, -0.05) is 0 Å². The van der Waals surface area contributed by atoms with Crippen LogP contribution in [0.4, 0.5) is 0 Å². The van der Waals surface area contributed by atoms with Crippen molar-refractivity contribution in [2.45, 2.75) is 37.3 Å². The van der Waals surface area contributed by atoms with Gasteiger partial charge >= 0.3 is 0 Å². The maximum absolute atomic E-state index is 5.71. The van der Waals surface area contributed by atoms with E-state index < -0.39 is 0 Å². The average Bonchev–Trinajstić information content (AvgIpc) is 3.05. The van der Waals surface area contributed by atoms with Crippen LogP contribution in [0.3, 0.4) is 0 Å². The molecule has 0 radical (unpaired) electrons. The summed E-state index contributed by atoms with van der Waals surface area (Å²) in [7, 11) is 1.79. The summed E-state index contributed by atoms with van der Waals surface area (Å²) in [6.07, 6.45) is 4.46. The van der Waals surface area contributed by atoms with Crippen molar-refractivity contribution >= 4 is 0 Å². The molecule has 0 aromatic heterocycles. The molecule has 14 heavy (non-hydrogen) atoms. The Kier molecular flexibility index (Phi) is 3.07. The summed E-state index contributed by atoms with van der Waals surface area (Å²) < 4.78 is 11.1. The number of rotatable bonds is 4. The molecule has 1 saturated heterocycles. The SMILES string of the molecule is COC1(C(NN)C2CC2)CCOCC1. The minimum absolute atomic E-state index is 0.0891. The monoisotopic (exact) mass is 200 g/mol. The van der Waals surface area contributed by atoms with Crippen molar-refractivity contribution in [1.82, 2.24) is 5.43 Å². The molecule has 3 N–H and O–H groups in total. The zero-order valence-electron chi connectivity index (χ0n) is 8.79. The molecule has 2 fully saturated rings. The van der Waals surface area contributed by atoms with E-state index in [0.29, 0.717) is 12.0 Å². The van der Waals surface area contributed by atoms with Gasteiger partial charge in [-0.15, -0.1) is 0 Å². The molecular weight excluding hydrogens is 180 g/mol. The predicted octanol–water partition coefficient (Wildman–Crippen LogP) is 0.424. The van der Waals surface area contributed by atoms with Gasteiger partial charge in [0.25, 0.3) is 0 Å². The first kappa shape index (κ1) is 10.4.